The number of hydrogen-bond acceptors (Lipinski definition) is 6. The van der Waals surface area contributed by atoms with Crippen molar-refractivity contribution in [2.75, 3.05) is 18.2 Å². The molecule has 0 spiro atoms. The summed E-state index contributed by atoms with van der Waals surface area (Å²) in [7, 11) is 0. The number of nitrogens with one attached hydrogen (secondary N) is 1. The van der Waals surface area contributed by atoms with Crippen LogP contribution >= 0.6 is 11.8 Å². The Labute approximate surface area is 109 Å². The fraction of sp³-hybridized carbons (Fsp3) is 0.455. The predicted molar refractivity (Wildman–Crippen MR) is 66.4 cm³/mol. The maximum absolute atomic E-state index is 12.0. The van der Waals surface area contributed by atoms with Gasteiger partial charge in [0.1, 0.15) is 5.82 Å². The van der Waals surface area contributed by atoms with E-state index in [1.54, 1.807) is 6.92 Å². The van der Waals surface area contributed by atoms with E-state index in [4.69, 9.17) is 4.74 Å². The lowest BCUT2D eigenvalue weighted by molar-refractivity contribution is -0.152. The Hall–Kier alpha value is -1.63. The number of carbonyl (C=O) groups is 2. The fourth-order valence-electron chi connectivity index (χ4n) is 1.76. The quantitative estimate of drug-likeness (QED) is 0.380. The number of ether oxygens (including phenoxy) is 1. The maximum atomic E-state index is 12.0. The molecule has 1 unspecified atom stereocenters. The van der Waals surface area contributed by atoms with Crippen LogP contribution in [0, 0.1) is 0 Å². The summed E-state index contributed by atoms with van der Waals surface area (Å²) in [6.45, 7) is 3.44. The minimum Gasteiger partial charge on any atom is -0.465 e. The number of nitrogens with zero attached hydrogens (tertiary/aromatic N) is 2. The Kier molecular flexibility index (Phi) is 3.25. The number of thioether (sulfide) groups is 1. The van der Waals surface area contributed by atoms with Crippen molar-refractivity contribution in [3.05, 3.63) is 11.8 Å². The smallest absolute Gasteiger partial charge is 0.326 e. The van der Waals surface area contributed by atoms with Crippen LogP contribution in [0.15, 0.2) is 11.4 Å². The number of esters is 1. The van der Waals surface area contributed by atoms with Crippen LogP contribution < -0.4 is 5.32 Å². The van der Waals surface area contributed by atoms with E-state index >= 15 is 0 Å². The Bertz CT molecular complexity index is 520. The largest absolute Gasteiger partial charge is 0.465 e. The van der Waals surface area contributed by atoms with Gasteiger partial charge in [0.15, 0.2) is 10.6 Å². The SMILES string of the molecule is CCOC(=O)C1(C)C(=O)Nc2nc(SC)ncc21. The molecule has 1 aromatic heterocycles. The van der Waals surface area contributed by atoms with Crippen LogP contribution in [0.2, 0.25) is 0 Å². The fourth-order valence-corrected chi connectivity index (χ4v) is 2.10. The second-order valence-electron chi connectivity index (χ2n) is 3.92. The average Bonchev–Trinajstić information content (AvgIpc) is 2.62. The highest BCUT2D eigenvalue weighted by atomic mass is 32.2. The van der Waals surface area contributed by atoms with Crippen LogP contribution in [-0.2, 0) is 19.7 Å². The average molecular weight is 267 g/mol. The Balaban J connectivity index is 2.47. The molecule has 0 saturated carbocycles. The van der Waals surface area contributed by atoms with Crippen molar-refractivity contribution in [1.82, 2.24) is 9.97 Å². The third-order valence-corrected chi connectivity index (χ3v) is 3.42. The van der Waals surface area contributed by atoms with E-state index in [1.165, 1.54) is 24.9 Å². The topological polar surface area (TPSA) is 81.2 Å². The van der Waals surface area contributed by atoms with Gasteiger partial charge in [0.05, 0.1) is 6.61 Å². The Morgan fingerprint density at radius 3 is 2.94 bits per heavy atom. The molecule has 0 radical (unpaired) electrons. The summed E-state index contributed by atoms with van der Waals surface area (Å²) >= 11 is 1.37. The highest BCUT2D eigenvalue weighted by Gasteiger charge is 2.51. The number of rotatable bonds is 3. The first kappa shape index (κ1) is 12.8. The zero-order valence-corrected chi connectivity index (χ0v) is 11.1. The summed E-state index contributed by atoms with van der Waals surface area (Å²) in [5, 5.41) is 3.14. The Morgan fingerprint density at radius 2 is 2.33 bits per heavy atom. The monoisotopic (exact) mass is 267 g/mol. The molecule has 7 heteroatoms. The lowest BCUT2D eigenvalue weighted by Gasteiger charge is -2.18. The normalized spacial score (nSPS) is 21.4. The number of amides is 1. The molecule has 1 N–H and O–H groups in total. The van der Waals surface area contributed by atoms with Crippen LogP contribution in [0.1, 0.15) is 19.4 Å². The summed E-state index contributed by atoms with van der Waals surface area (Å²) < 4.78 is 4.95. The first-order chi connectivity index (χ1) is 8.53. The van der Waals surface area contributed by atoms with Gasteiger partial charge >= 0.3 is 5.97 Å². The molecule has 18 heavy (non-hydrogen) atoms. The zero-order chi connectivity index (χ0) is 13.3. The zero-order valence-electron chi connectivity index (χ0n) is 10.3. The molecule has 0 fully saturated rings. The van der Waals surface area contributed by atoms with Gasteiger partial charge in [0.25, 0.3) is 0 Å². The third kappa shape index (κ3) is 1.74. The van der Waals surface area contributed by atoms with Crippen LogP contribution in [0.5, 0.6) is 0 Å². The molecule has 6 nitrogen and oxygen atoms in total. The molecule has 1 aliphatic rings. The number of aromatic nitrogens is 2. The number of fused-ring (bicyclic) bond motifs is 1. The van der Waals surface area contributed by atoms with E-state index in [2.05, 4.69) is 15.3 Å². The van der Waals surface area contributed by atoms with E-state index in [0.29, 0.717) is 16.5 Å². The van der Waals surface area contributed by atoms with Gasteiger partial charge in [-0.05, 0) is 20.1 Å². The summed E-state index contributed by atoms with van der Waals surface area (Å²) in [5.74, 6) is -0.625. The molecule has 0 aliphatic carbocycles. The van der Waals surface area contributed by atoms with E-state index in [0.717, 1.165) is 0 Å². The second kappa shape index (κ2) is 4.56. The van der Waals surface area contributed by atoms with Crippen LogP contribution in [0.25, 0.3) is 0 Å². The van der Waals surface area contributed by atoms with Crippen molar-refractivity contribution in [1.29, 1.82) is 0 Å². The minimum absolute atomic E-state index is 0.223. The van der Waals surface area contributed by atoms with Gasteiger partial charge in [0, 0.05) is 11.8 Å². The minimum atomic E-state index is -1.36. The summed E-state index contributed by atoms with van der Waals surface area (Å²) in [5.41, 5.74) is -0.897. The van der Waals surface area contributed by atoms with Gasteiger partial charge in [-0.1, -0.05) is 11.8 Å². The van der Waals surface area contributed by atoms with Crippen molar-refractivity contribution in [2.24, 2.45) is 0 Å². The van der Waals surface area contributed by atoms with Gasteiger partial charge in [-0.3, -0.25) is 9.59 Å². The molecule has 0 aromatic carbocycles. The lowest BCUT2D eigenvalue weighted by Crippen LogP contribution is -2.40. The van der Waals surface area contributed by atoms with Gasteiger partial charge in [0.2, 0.25) is 5.91 Å². The first-order valence-corrected chi connectivity index (χ1v) is 6.66. The number of anilines is 1. The highest BCUT2D eigenvalue weighted by Crippen LogP contribution is 2.37. The van der Waals surface area contributed by atoms with E-state index in [1.807, 2.05) is 6.26 Å². The summed E-state index contributed by atoms with van der Waals surface area (Å²) in [6.07, 6.45) is 3.34. The van der Waals surface area contributed by atoms with Gasteiger partial charge < -0.3 is 10.1 Å². The molecule has 1 aliphatic heterocycles. The van der Waals surface area contributed by atoms with Gasteiger partial charge in [-0.15, -0.1) is 0 Å². The molecular formula is C11H13N3O3S. The molecule has 96 valence electrons. The van der Waals surface area contributed by atoms with Crippen molar-refractivity contribution in [2.45, 2.75) is 24.4 Å². The molecular weight excluding hydrogens is 254 g/mol. The van der Waals surface area contributed by atoms with Crippen LogP contribution in [0.4, 0.5) is 5.82 Å². The molecule has 2 rings (SSSR count). The van der Waals surface area contributed by atoms with E-state index in [-0.39, 0.29) is 6.61 Å². The van der Waals surface area contributed by atoms with Crippen molar-refractivity contribution >= 4 is 29.5 Å². The number of carbonyl (C=O) groups excluding carboxylic acids is 2. The van der Waals surface area contributed by atoms with Crippen LogP contribution in [-0.4, -0.2) is 34.7 Å². The third-order valence-electron chi connectivity index (χ3n) is 2.86. The molecule has 2 heterocycles. The standard InChI is InChI=1S/C11H13N3O3S/c1-4-17-9(16)11(2)6-5-12-10(18-3)14-7(6)13-8(11)15/h5H,4H2,1-3H3,(H,12,13,14,15). The Morgan fingerprint density at radius 1 is 1.61 bits per heavy atom. The van der Waals surface area contributed by atoms with E-state index in [9.17, 15) is 9.59 Å². The van der Waals surface area contributed by atoms with Crippen molar-refractivity contribution in [3.8, 4) is 0 Å². The summed E-state index contributed by atoms with van der Waals surface area (Å²) in [6, 6.07) is 0. The predicted octanol–water partition coefficient (Wildman–Crippen LogP) is 0.971. The maximum Gasteiger partial charge on any atom is 0.326 e. The van der Waals surface area contributed by atoms with Crippen LogP contribution in [0.3, 0.4) is 0 Å². The number of hydrogen-bond donors (Lipinski definition) is 1. The van der Waals surface area contributed by atoms with Crippen molar-refractivity contribution in [3.63, 3.8) is 0 Å². The molecule has 0 bridgehead atoms. The molecule has 1 aromatic rings. The highest BCUT2D eigenvalue weighted by molar-refractivity contribution is 7.98. The first-order valence-electron chi connectivity index (χ1n) is 5.44. The van der Waals surface area contributed by atoms with E-state index < -0.39 is 17.3 Å². The molecule has 1 amide bonds. The van der Waals surface area contributed by atoms with Gasteiger partial charge in [-0.25, -0.2) is 9.97 Å². The van der Waals surface area contributed by atoms with Crippen molar-refractivity contribution < 1.29 is 14.3 Å². The molecule has 1 atom stereocenters. The molecule has 0 saturated heterocycles. The summed E-state index contributed by atoms with van der Waals surface area (Å²) in [4.78, 5) is 32.2. The second-order valence-corrected chi connectivity index (χ2v) is 4.69. The lowest BCUT2D eigenvalue weighted by atomic mass is 9.85. The van der Waals surface area contributed by atoms with Gasteiger partial charge in [-0.2, -0.15) is 0 Å².